The minimum Gasteiger partial charge on any atom is -0.497 e. The molecular formula is C23H23N5O2S. The van der Waals surface area contributed by atoms with Gasteiger partial charge in [0.1, 0.15) is 16.5 Å². The lowest BCUT2D eigenvalue weighted by molar-refractivity contribution is 0.102. The summed E-state index contributed by atoms with van der Waals surface area (Å²) in [7, 11) is 1.62. The van der Waals surface area contributed by atoms with Crippen LogP contribution in [0.25, 0.3) is 16.9 Å². The Balaban J connectivity index is 1.66. The number of benzene rings is 2. The van der Waals surface area contributed by atoms with E-state index in [9.17, 15) is 4.79 Å². The summed E-state index contributed by atoms with van der Waals surface area (Å²) in [6, 6.07) is 17.2. The summed E-state index contributed by atoms with van der Waals surface area (Å²) in [5.41, 5.74) is 2.73. The third kappa shape index (κ3) is 4.80. The topological polar surface area (TPSA) is 81.9 Å². The lowest BCUT2D eigenvalue weighted by Gasteiger charge is -2.04. The third-order valence-electron chi connectivity index (χ3n) is 4.77. The SMILES string of the molecule is CCCCc1nnc(NC(=O)c2cn(-c3ccccc3)nc2-c2ccc(OC)cc2)s1. The first-order valence-corrected chi connectivity index (χ1v) is 10.9. The van der Waals surface area contributed by atoms with Crippen LogP contribution in [0.5, 0.6) is 5.75 Å². The zero-order valence-corrected chi connectivity index (χ0v) is 18.2. The van der Waals surface area contributed by atoms with Gasteiger partial charge in [-0.15, -0.1) is 10.2 Å². The van der Waals surface area contributed by atoms with Gasteiger partial charge in [0.05, 0.1) is 18.4 Å². The highest BCUT2D eigenvalue weighted by Crippen LogP contribution is 2.27. The van der Waals surface area contributed by atoms with Crippen molar-refractivity contribution in [2.45, 2.75) is 26.2 Å². The fraction of sp³-hybridized carbons (Fsp3) is 0.217. The smallest absolute Gasteiger partial charge is 0.261 e. The maximum absolute atomic E-state index is 13.1. The largest absolute Gasteiger partial charge is 0.497 e. The summed E-state index contributed by atoms with van der Waals surface area (Å²) >= 11 is 1.41. The molecule has 8 heteroatoms. The van der Waals surface area contributed by atoms with Gasteiger partial charge in [0.2, 0.25) is 5.13 Å². The fourth-order valence-electron chi connectivity index (χ4n) is 3.11. The zero-order valence-electron chi connectivity index (χ0n) is 17.4. The summed E-state index contributed by atoms with van der Waals surface area (Å²) in [5, 5.41) is 17.3. The molecule has 2 aromatic heterocycles. The lowest BCUT2D eigenvalue weighted by Crippen LogP contribution is -2.12. The van der Waals surface area contributed by atoms with Crippen LogP contribution in [0.2, 0.25) is 0 Å². The predicted molar refractivity (Wildman–Crippen MR) is 122 cm³/mol. The fourth-order valence-corrected chi connectivity index (χ4v) is 3.89. The molecule has 158 valence electrons. The van der Waals surface area contributed by atoms with E-state index < -0.39 is 0 Å². The minimum atomic E-state index is -0.272. The van der Waals surface area contributed by atoms with Crippen LogP contribution < -0.4 is 10.1 Å². The Labute approximate surface area is 184 Å². The Hall–Kier alpha value is -3.52. The molecule has 1 amide bonds. The van der Waals surface area contributed by atoms with E-state index in [2.05, 4.69) is 22.4 Å². The molecule has 31 heavy (non-hydrogen) atoms. The van der Waals surface area contributed by atoms with Crippen molar-refractivity contribution in [2.24, 2.45) is 0 Å². The maximum atomic E-state index is 13.1. The summed E-state index contributed by atoms with van der Waals surface area (Å²) < 4.78 is 6.96. The number of rotatable bonds is 8. The van der Waals surface area contributed by atoms with Crippen LogP contribution in [0.15, 0.2) is 60.8 Å². The molecule has 0 radical (unpaired) electrons. The molecule has 0 saturated heterocycles. The molecule has 0 bridgehead atoms. The van der Waals surface area contributed by atoms with Crippen LogP contribution >= 0.6 is 11.3 Å². The number of anilines is 1. The molecule has 4 aromatic rings. The van der Waals surface area contributed by atoms with Gasteiger partial charge in [-0.3, -0.25) is 10.1 Å². The molecule has 0 saturated carbocycles. The standard InChI is InChI=1S/C23H23N5O2S/c1-3-4-10-20-25-26-23(31-20)24-22(29)19-15-28(17-8-6-5-7-9-17)27-21(19)16-11-13-18(30-2)14-12-16/h5-9,11-15H,3-4,10H2,1-2H3,(H,24,26,29). The van der Waals surface area contributed by atoms with Crippen molar-refractivity contribution >= 4 is 22.4 Å². The normalized spacial score (nSPS) is 10.8. The van der Waals surface area contributed by atoms with Crippen LogP contribution in [-0.4, -0.2) is 33.0 Å². The number of para-hydroxylation sites is 1. The zero-order chi connectivity index (χ0) is 21.6. The number of ether oxygens (including phenoxy) is 1. The molecule has 0 aliphatic heterocycles. The molecule has 2 aromatic carbocycles. The van der Waals surface area contributed by atoms with E-state index in [1.165, 1.54) is 11.3 Å². The number of carbonyl (C=O) groups excluding carboxylic acids is 1. The van der Waals surface area contributed by atoms with Gasteiger partial charge in [-0.05, 0) is 42.8 Å². The number of aryl methyl sites for hydroxylation is 1. The molecule has 7 nitrogen and oxygen atoms in total. The number of unbranched alkanes of at least 4 members (excludes halogenated alkanes) is 1. The second-order valence-corrected chi connectivity index (χ2v) is 8.02. The first-order valence-electron chi connectivity index (χ1n) is 10.1. The molecular weight excluding hydrogens is 410 g/mol. The number of nitrogens with one attached hydrogen (secondary N) is 1. The predicted octanol–water partition coefficient (Wildman–Crippen LogP) is 4.99. The van der Waals surface area contributed by atoms with E-state index in [0.29, 0.717) is 16.4 Å². The molecule has 0 atom stereocenters. The summed E-state index contributed by atoms with van der Waals surface area (Å²) in [6.45, 7) is 2.13. The molecule has 0 aliphatic carbocycles. The van der Waals surface area contributed by atoms with Gasteiger partial charge in [0.25, 0.3) is 5.91 Å². The Bertz CT molecular complexity index is 1150. The van der Waals surface area contributed by atoms with Gasteiger partial charge in [-0.2, -0.15) is 5.10 Å². The Morgan fingerprint density at radius 3 is 2.58 bits per heavy atom. The second kappa shape index (κ2) is 9.53. The van der Waals surface area contributed by atoms with Gasteiger partial charge in [0.15, 0.2) is 0 Å². The molecule has 0 fully saturated rings. The highest BCUT2D eigenvalue weighted by molar-refractivity contribution is 7.15. The van der Waals surface area contributed by atoms with Crippen molar-refractivity contribution in [3.8, 4) is 22.7 Å². The van der Waals surface area contributed by atoms with Crippen molar-refractivity contribution in [1.29, 1.82) is 0 Å². The third-order valence-corrected chi connectivity index (χ3v) is 5.67. The minimum absolute atomic E-state index is 0.272. The first-order chi connectivity index (χ1) is 15.2. The van der Waals surface area contributed by atoms with Crippen molar-refractivity contribution in [3.63, 3.8) is 0 Å². The van der Waals surface area contributed by atoms with E-state index in [1.807, 2.05) is 54.6 Å². The van der Waals surface area contributed by atoms with E-state index in [-0.39, 0.29) is 5.91 Å². The van der Waals surface area contributed by atoms with Crippen LogP contribution in [0, 0.1) is 0 Å². The first kappa shape index (κ1) is 20.7. The number of methoxy groups -OCH3 is 1. The number of amides is 1. The van der Waals surface area contributed by atoms with Crippen LogP contribution in [0.4, 0.5) is 5.13 Å². The quantitative estimate of drug-likeness (QED) is 0.423. The average Bonchev–Trinajstić information content (AvgIpc) is 3.46. The Kier molecular flexibility index (Phi) is 6.37. The van der Waals surface area contributed by atoms with Crippen molar-refractivity contribution < 1.29 is 9.53 Å². The van der Waals surface area contributed by atoms with Crippen molar-refractivity contribution in [3.05, 3.63) is 71.4 Å². The molecule has 0 spiro atoms. The molecule has 0 aliphatic rings. The molecule has 0 unspecified atom stereocenters. The van der Waals surface area contributed by atoms with Gasteiger partial charge in [0, 0.05) is 18.2 Å². The molecule has 4 rings (SSSR count). The average molecular weight is 434 g/mol. The second-order valence-electron chi connectivity index (χ2n) is 6.96. The Morgan fingerprint density at radius 1 is 1.10 bits per heavy atom. The van der Waals surface area contributed by atoms with E-state index >= 15 is 0 Å². The van der Waals surface area contributed by atoms with E-state index in [1.54, 1.807) is 18.0 Å². The summed E-state index contributed by atoms with van der Waals surface area (Å²) in [4.78, 5) is 13.1. The van der Waals surface area contributed by atoms with Gasteiger partial charge in [-0.1, -0.05) is 42.9 Å². The number of nitrogens with zero attached hydrogens (tertiary/aromatic N) is 4. The monoisotopic (exact) mass is 433 g/mol. The lowest BCUT2D eigenvalue weighted by atomic mass is 10.1. The van der Waals surface area contributed by atoms with Crippen molar-refractivity contribution in [2.75, 3.05) is 12.4 Å². The van der Waals surface area contributed by atoms with Crippen LogP contribution in [0.1, 0.15) is 35.1 Å². The van der Waals surface area contributed by atoms with Crippen molar-refractivity contribution in [1.82, 2.24) is 20.0 Å². The summed E-state index contributed by atoms with van der Waals surface area (Å²) in [5.74, 6) is 0.469. The van der Waals surface area contributed by atoms with E-state index in [4.69, 9.17) is 9.84 Å². The van der Waals surface area contributed by atoms with Gasteiger partial charge in [-0.25, -0.2) is 4.68 Å². The highest BCUT2D eigenvalue weighted by atomic mass is 32.1. The molecule has 1 N–H and O–H groups in total. The van der Waals surface area contributed by atoms with E-state index in [0.717, 1.165) is 41.3 Å². The van der Waals surface area contributed by atoms with Crippen LogP contribution in [-0.2, 0) is 6.42 Å². The molecule has 2 heterocycles. The summed E-state index contributed by atoms with van der Waals surface area (Å²) in [6.07, 6.45) is 4.75. The Morgan fingerprint density at radius 2 is 1.87 bits per heavy atom. The number of hydrogen-bond acceptors (Lipinski definition) is 6. The maximum Gasteiger partial charge on any atom is 0.261 e. The van der Waals surface area contributed by atoms with Gasteiger partial charge >= 0.3 is 0 Å². The number of carbonyl (C=O) groups is 1. The van der Waals surface area contributed by atoms with Crippen LogP contribution in [0.3, 0.4) is 0 Å². The van der Waals surface area contributed by atoms with Gasteiger partial charge < -0.3 is 4.74 Å². The highest BCUT2D eigenvalue weighted by Gasteiger charge is 2.20. The number of aromatic nitrogens is 4. The number of hydrogen-bond donors (Lipinski definition) is 1.